The molecule has 2 saturated carbocycles. The predicted octanol–water partition coefficient (Wildman–Crippen LogP) is 3.14. The first kappa shape index (κ1) is 17.7. The number of hydrogen-bond acceptors (Lipinski definition) is 3. The summed E-state index contributed by atoms with van der Waals surface area (Å²) in [6, 6.07) is 5.15. The topological polar surface area (TPSA) is 57.7 Å². The second kappa shape index (κ2) is 6.65. The molecule has 5 nitrogen and oxygen atoms in total. The van der Waals surface area contributed by atoms with Crippen molar-refractivity contribution < 1.29 is 13.2 Å². The van der Waals surface area contributed by atoms with E-state index >= 15 is 0 Å². The molecule has 0 atom stereocenters. The van der Waals surface area contributed by atoms with Crippen LogP contribution >= 0.6 is 11.6 Å². The molecule has 0 radical (unpaired) electrons. The lowest BCUT2D eigenvalue weighted by molar-refractivity contribution is 0.0664. The van der Waals surface area contributed by atoms with Gasteiger partial charge < -0.3 is 4.90 Å². The van der Waals surface area contributed by atoms with Crippen molar-refractivity contribution in [3.8, 4) is 0 Å². The molecule has 24 heavy (non-hydrogen) atoms. The van der Waals surface area contributed by atoms with Gasteiger partial charge in [-0.05, 0) is 43.9 Å². The fourth-order valence-corrected chi connectivity index (χ4v) is 4.74. The summed E-state index contributed by atoms with van der Waals surface area (Å²) in [6.07, 6.45) is 6.47. The van der Waals surface area contributed by atoms with Gasteiger partial charge >= 0.3 is 0 Å². The standard InChI is InChI=1S/C17H23ClN2O3S/c1-19(2)24(22,23)16-11-12(7-10-15(16)18)17(21)20(14-8-9-14)13-5-3-4-6-13/h7,10-11,13-14H,3-6,8-9H2,1-2H3. The van der Waals surface area contributed by atoms with Crippen LogP contribution in [-0.2, 0) is 10.0 Å². The molecule has 2 aliphatic rings. The number of rotatable bonds is 5. The maximum Gasteiger partial charge on any atom is 0.254 e. The van der Waals surface area contributed by atoms with Crippen molar-refractivity contribution in [1.82, 2.24) is 9.21 Å². The molecule has 0 bridgehead atoms. The van der Waals surface area contributed by atoms with E-state index in [-0.39, 0.29) is 21.9 Å². The van der Waals surface area contributed by atoms with Gasteiger partial charge in [-0.15, -0.1) is 0 Å². The van der Waals surface area contributed by atoms with Gasteiger partial charge in [0, 0.05) is 31.7 Å². The lowest BCUT2D eigenvalue weighted by atomic mass is 10.1. The Morgan fingerprint density at radius 2 is 1.67 bits per heavy atom. The molecule has 1 aromatic carbocycles. The molecular formula is C17H23ClN2O3S. The Morgan fingerprint density at radius 1 is 1.08 bits per heavy atom. The van der Waals surface area contributed by atoms with Crippen LogP contribution in [0.3, 0.4) is 0 Å². The van der Waals surface area contributed by atoms with Gasteiger partial charge in [0.1, 0.15) is 4.90 Å². The van der Waals surface area contributed by atoms with Crippen LogP contribution in [0.4, 0.5) is 0 Å². The lowest BCUT2D eigenvalue weighted by Gasteiger charge is -2.29. The molecule has 0 aromatic heterocycles. The van der Waals surface area contributed by atoms with Crippen LogP contribution in [0.2, 0.25) is 5.02 Å². The molecule has 7 heteroatoms. The van der Waals surface area contributed by atoms with Crippen molar-refractivity contribution in [2.45, 2.75) is 55.5 Å². The summed E-state index contributed by atoms with van der Waals surface area (Å²) in [7, 11) is -0.775. The molecule has 2 fully saturated rings. The summed E-state index contributed by atoms with van der Waals surface area (Å²) in [5, 5.41) is 0.138. The molecule has 132 valence electrons. The minimum Gasteiger partial charge on any atom is -0.333 e. The first-order chi connectivity index (χ1) is 11.3. The quantitative estimate of drug-likeness (QED) is 0.800. The number of hydrogen-bond donors (Lipinski definition) is 0. The number of benzene rings is 1. The second-order valence-corrected chi connectivity index (χ2v) is 9.34. The highest BCUT2D eigenvalue weighted by Crippen LogP contribution is 2.36. The molecular weight excluding hydrogens is 348 g/mol. The molecule has 1 aromatic rings. The summed E-state index contributed by atoms with van der Waals surface area (Å²) in [5.41, 5.74) is 0.402. The molecule has 0 spiro atoms. The molecule has 2 aliphatic carbocycles. The minimum absolute atomic E-state index is 0.0119. The van der Waals surface area contributed by atoms with Gasteiger partial charge in [0.15, 0.2) is 0 Å². The monoisotopic (exact) mass is 370 g/mol. The van der Waals surface area contributed by atoms with Gasteiger partial charge in [-0.1, -0.05) is 24.4 Å². The number of nitrogens with zero attached hydrogens (tertiary/aromatic N) is 2. The van der Waals surface area contributed by atoms with Crippen molar-refractivity contribution in [1.29, 1.82) is 0 Å². The average molecular weight is 371 g/mol. The fourth-order valence-electron chi connectivity index (χ4n) is 3.34. The van der Waals surface area contributed by atoms with Crippen LogP contribution < -0.4 is 0 Å². The van der Waals surface area contributed by atoms with E-state index in [0.29, 0.717) is 11.6 Å². The highest BCUT2D eigenvalue weighted by atomic mass is 35.5. The Hall–Kier alpha value is -1.11. The molecule has 0 aliphatic heterocycles. The lowest BCUT2D eigenvalue weighted by Crippen LogP contribution is -2.40. The molecule has 0 N–H and O–H groups in total. The van der Waals surface area contributed by atoms with Crippen molar-refractivity contribution in [3.63, 3.8) is 0 Å². The van der Waals surface area contributed by atoms with Crippen molar-refractivity contribution in [2.24, 2.45) is 0 Å². The number of carbonyl (C=O) groups is 1. The zero-order valence-corrected chi connectivity index (χ0v) is 15.6. The fraction of sp³-hybridized carbons (Fsp3) is 0.588. The highest BCUT2D eigenvalue weighted by Gasteiger charge is 2.39. The second-order valence-electron chi connectivity index (χ2n) is 6.81. The van der Waals surface area contributed by atoms with E-state index in [9.17, 15) is 13.2 Å². The van der Waals surface area contributed by atoms with Crippen LogP contribution in [0.15, 0.2) is 23.1 Å². The normalized spacial score (nSPS) is 19.0. The Labute approximate surface area is 148 Å². The zero-order chi connectivity index (χ0) is 17.5. The Balaban J connectivity index is 1.95. The van der Waals surface area contributed by atoms with Crippen LogP contribution in [0.25, 0.3) is 0 Å². The van der Waals surface area contributed by atoms with Gasteiger partial charge in [0.2, 0.25) is 10.0 Å². The highest BCUT2D eigenvalue weighted by molar-refractivity contribution is 7.89. The summed E-state index contributed by atoms with van der Waals surface area (Å²) < 4.78 is 25.9. The van der Waals surface area contributed by atoms with E-state index in [4.69, 9.17) is 11.6 Å². The summed E-state index contributed by atoms with van der Waals surface area (Å²) in [6.45, 7) is 0. The van der Waals surface area contributed by atoms with E-state index in [2.05, 4.69) is 0 Å². The largest absolute Gasteiger partial charge is 0.333 e. The van der Waals surface area contributed by atoms with Gasteiger partial charge in [0.05, 0.1) is 5.02 Å². The predicted molar refractivity (Wildman–Crippen MR) is 93.8 cm³/mol. The van der Waals surface area contributed by atoms with Crippen LogP contribution in [-0.4, -0.2) is 49.7 Å². The van der Waals surface area contributed by atoms with Crippen molar-refractivity contribution in [3.05, 3.63) is 28.8 Å². The summed E-state index contributed by atoms with van der Waals surface area (Å²) in [5.74, 6) is -0.0729. The van der Waals surface area contributed by atoms with E-state index < -0.39 is 10.0 Å². The minimum atomic E-state index is -3.68. The van der Waals surface area contributed by atoms with E-state index in [1.165, 1.54) is 26.2 Å². The number of amides is 1. The maximum absolute atomic E-state index is 13.0. The van der Waals surface area contributed by atoms with Gasteiger partial charge in [0.25, 0.3) is 5.91 Å². The summed E-state index contributed by atoms with van der Waals surface area (Å²) in [4.78, 5) is 15.0. The summed E-state index contributed by atoms with van der Waals surface area (Å²) >= 11 is 6.08. The van der Waals surface area contributed by atoms with Crippen LogP contribution in [0.1, 0.15) is 48.9 Å². The van der Waals surface area contributed by atoms with Crippen LogP contribution in [0.5, 0.6) is 0 Å². The molecule has 0 saturated heterocycles. The molecule has 1 amide bonds. The number of sulfonamides is 1. The van der Waals surface area contributed by atoms with E-state index in [0.717, 1.165) is 42.8 Å². The first-order valence-corrected chi connectivity index (χ1v) is 10.2. The third-order valence-electron chi connectivity index (χ3n) is 4.83. The Morgan fingerprint density at radius 3 is 2.21 bits per heavy atom. The maximum atomic E-state index is 13.0. The van der Waals surface area contributed by atoms with Crippen LogP contribution in [0, 0.1) is 0 Å². The number of carbonyl (C=O) groups excluding carboxylic acids is 1. The van der Waals surface area contributed by atoms with Gasteiger partial charge in [-0.25, -0.2) is 12.7 Å². The smallest absolute Gasteiger partial charge is 0.254 e. The van der Waals surface area contributed by atoms with Crippen molar-refractivity contribution in [2.75, 3.05) is 14.1 Å². The molecule has 3 rings (SSSR count). The molecule has 0 unspecified atom stereocenters. The third kappa shape index (κ3) is 3.32. The molecule has 0 heterocycles. The number of halogens is 1. The van der Waals surface area contributed by atoms with Gasteiger partial charge in [-0.3, -0.25) is 4.79 Å². The Kier molecular flexibility index (Phi) is 4.91. The van der Waals surface area contributed by atoms with E-state index in [1.54, 1.807) is 6.07 Å². The van der Waals surface area contributed by atoms with Crippen molar-refractivity contribution >= 4 is 27.5 Å². The first-order valence-electron chi connectivity index (χ1n) is 8.37. The Bertz CT molecular complexity index is 738. The third-order valence-corrected chi connectivity index (χ3v) is 7.13. The zero-order valence-electron chi connectivity index (χ0n) is 14.0. The SMILES string of the molecule is CN(C)S(=O)(=O)c1cc(C(=O)N(C2CCCC2)C2CC2)ccc1Cl. The van der Waals surface area contributed by atoms with E-state index in [1.807, 2.05) is 4.90 Å². The van der Waals surface area contributed by atoms with Gasteiger partial charge in [-0.2, -0.15) is 0 Å². The average Bonchev–Trinajstić information content (AvgIpc) is 3.21.